The molecular formula is C10H8N2O2S. The van der Waals surface area contributed by atoms with E-state index in [0.29, 0.717) is 16.1 Å². The molecule has 0 saturated carbocycles. The molecule has 0 radical (unpaired) electrons. The van der Waals surface area contributed by atoms with Crippen molar-refractivity contribution in [3.63, 3.8) is 0 Å². The van der Waals surface area contributed by atoms with Crippen molar-refractivity contribution in [1.29, 1.82) is 0 Å². The molecule has 2 aromatic rings. The molecule has 0 atom stereocenters. The second-order valence-corrected chi connectivity index (χ2v) is 3.67. The van der Waals surface area contributed by atoms with E-state index in [9.17, 15) is 4.79 Å². The third-order valence-electron chi connectivity index (χ3n) is 1.93. The maximum Gasteiger partial charge on any atom is 0.357 e. The summed E-state index contributed by atoms with van der Waals surface area (Å²) in [7, 11) is 0. The number of carbonyl (C=O) groups is 1. The molecule has 0 fully saturated rings. The number of thioether (sulfide) groups is 1. The molecule has 1 N–H and O–H groups in total. The smallest absolute Gasteiger partial charge is 0.357 e. The third kappa shape index (κ3) is 1.78. The van der Waals surface area contributed by atoms with Crippen LogP contribution in [0.3, 0.4) is 0 Å². The van der Waals surface area contributed by atoms with Crippen LogP contribution in [0.5, 0.6) is 0 Å². The normalized spacial score (nSPS) is 10.5. The van der Waals surface area contributed by atoms with E-state index in [1.165, 1.54) is 11.8 Å². The average molecular weight is 220 g/mol. The zero-order valence-corrected chi connectivity index (χ0v) is 8.78. The molecule has 2 rings (SSSR count). The maximum absolute atomic E-state index is 10.9. The molecule has 76 valence electrons. The summed E-state index contributed by atoms with van der Waals surface area (Å²) >= 11 is 1.28. The van der Waals surface area contributed by atoms with Crippen molar-refractivity contribution in [3.05, 3.63) is 30.0 Å². The van der Waals surface area contributed by atoms with Gasteiger partial charge in [0.2, 0.25) is 0 Å². The number of carboxylic acids is 1. The van der Waals surface area contributed by atoms with Crippen molar-refractivity contribution >= 4 is 28.8 Å². The minimum atomic E-state index is -1.04. The standard InChI is InChI=1S/C10H8N2O2S/c1-15-9-8(10(13)14)11-6-4-2-3-5-7(6)12-9/h2-5H,1H3,(H,13,14). The van der Waals surface area contributed by atoms with Gasteiger partial charge in [-0.1, -0.05) is 12.1 Å². The Labute approximate surface area is 90.4 Å². The summed E-state index contributed by atoms with van der Waals surface area (Å²) in [5, 5.41) is 9.39. The molecule has 1 aromatic heterocycles. The summed E-state index contributed by atoms with van der Waals surface area (Å²) in [6, 6.07) is 7.22. The monoisotopic (exact) mass is 220 g/mol. The van der Waals surface area contributed by atoms with E-state index in [-0.39, 0.29) is 5.69 Å². The first-order valence-corrected chi connectivity index (χ1v) is 5.49. The van der Waals surface area contributed by atoms with Crippen LogP contribution in [0.15, 0.2) is 29.3 Å². The molecule has 1 heterocycles. The summed E-state index contributed by atoms with van der Waals surface area (Å²) in [5.74, 6) is -1.04. The number of aromatic carboxylic acids is 1. The summed E-state index contributed by atoms with van der Waals surface area (Å²) < 4.78 is 0. The topological polar surface area (TPSA) is 63.1 Å². The summed E-state index contributed by atoms with van der Waals surface area (Å²) in [6.45, 7) is 0. The van der Waals surface area contributed by atoms with Gasteiger partial charge in [0.05, 0.1) is 11.0 Å². The lowest BCUT2D eigenvalue weighted by atomic mass is 10.3. The van der Waals surface area contributed by atoms with Crippen LogP contribution < -0.4 is 0 Å². The number of benzene rings is 1. The Bertz CT molecular complexity index is 528. The minimum absolute atomic E-state index is 0.0150. The van der Waals surface area contributed by atoms with Gasteiger partial charge in [0.15, 0.2) is 5.69 Å². The third-order valence-corrected chi connectivity index (χ3v) is 2.61. The number of hydrogen-bond acceptors (Lipinski definition) is 4. The molecule has 0 spiro atoms. The fraction of sp³-hybridized carbons (Fsp3) is 0.100. The zero-order chi connectivity index (χ0) is 10.8. The molecule has 5 heteroatoms. The van der Waals surface area contributed by atoms with E-state index < -0.39 is 5.97 Å². The van der Waals surface area contributed by atoms with E-state index in [2.05, 4.69) is 9.97 Å². The van der Waals surface area contributed by atoms with Gasteiger partial charge in [-0.05, 0) is 18.4 Å². The molecule has 0 saturated heterocycles. The van der Waals surface area contributed by atoms with Gasteiger partial charge < -0.3 is 5.11 Å². The lowest BCUT2D eigenvalue weighted by molar-refractivity contribution is 0.0686. The molecule has 0 unspecified atom stereocenters. The predicted molar refractivity (Wildman–Crippen MR) is 58.3 cm³/mol. The Morgan fingerprint density at radius 1 is 1.27 bits per heavy atom. The van der Waals surface area contributed by atoms with Crippen LogP contribution in [-0.2, 0) is 0 Å². The maximum atomic E-state index is 10.9. The molecular weight excluding hydrogens is 212 g/mol. The van der Waals surface area contributed by atoms with Crippen LogP contribution in [0, 0.1) is 0 Å². The van der Waals surface area contributed by atoms with E-state index in [1.807, 2.05) is 12.1 Å². The van der Waals surface area contributed by atoms with Gasteiger partial charge in [0.25, 0.3) is 0 Å². The molecule has 0 bridgehead atoms. The van der Waals surface area contributed by atoms with Crippen LogP contribution in [-0.4, -0.2) is 27.3 Å². The number of aromatic nitrogens is 2. The summed E-state index contributed by atoms with van der Waals surface area (Å²) in [4.78, 5) is 19.2. The molecule has 0 aliphatic rings. The van der Waals surface area contributed by atoms with Gasteiger partial charge in [-0.25, -0.2) is 14.8 Å². The molecule has 4 nitrogen and oxygen atoms in total. The number of para-hydroxylation sites is 2. The van der Waals surface area contributed by atoms with Crippen LogP contribution in [0.4, 0.5) is 0 Å². The Morgan fingerprint density at radius 2 is 1.87 bits per heavy atom. The number of hydrogen-bond donors (Lipinski definition) is 1. The highest BCUT2D eigenvalue weighted by atomic mass is 32.2. The van der Waals surface area contributed by atoms with Gasteiger partial charge in [-0.3, -0.25) is 0 Å². The van der Waals surface area contributed by atoms with Crippen molar-refractivity contribution in [2.24, 2.45) is 0 Å². The first-order valence-electron chi connectivity index (χ1n) is 4.26. The van der Waals surface area contributed by atoms with Gasteiger partial charge >= 0.3 is 5.97 Å². The quantitative estimate of drug-likeness (QED) is 0.785. The molecule has 0 aliphatic heterocycles. The Kier molecular flexibility index (Phi) is 2.55. The number of nitrogens with zero attached hydrogens (tertiary/aromatic N) is 2. The van der Waals surface area contributed by atoms with E-state index in [0.717, 1.165) is 0 Å². The average Bonchev–Trinajstić information content (AvgIpc) is 2.27. The van der Waals surface area contributed by atoms with E-state index in [1.54, 1.807) is 18.4 Å². The number of rotatable bonds is 2. The Morgan fingerprint density at radius 3 is 2.40 bits per heavy atom. The lowest BCUT2D eigenvalue weighted by Crippen LogP contribution is -2.04. The number of fused-ring (bicyclic) bond motifs is 1. The second-order valence-electron chi connectivity index (χ2n) is 2.88. The Hall–Kier alpha value is -1.62. The lowest BCUT2D eigenvalue weighted by Gasteiger charge is -2.03. The van der Waals surface area contributed by atoms with Crippen molar-refractivity contribution in [3.8, 4) is 0 Å². The highest BCUT2D eigenvalue weighted by molar-refractivity contribution is 7.98. The summed E-state index contributed by atoms with van der Waals surface area (Å²) in [5.41, 5.74) is 1.33. The molecule has 0 amide bonds. The largest absolute Gasteiger partial charge is 0.476 e. The highest BCUT2D eigenvalue weighted by Crippen LogP contribution is 2.19. The molecule has 15 heavy (non-hydrogen) atoms. The van der Waals surface area contributed by atoms with Crippen LogP contribution >= 0.6 is 11.8 Å². The first kappa shape index (κ1) is 9.92. The van der Waals surface area contributed by atoms with Gasteiger partial charge in [0.1, 0.15) is 5.03 Å². The molecule has 1 aromatic carbocycles. The predicted octanol–water partition coefficient (Wildman–Crippen LogP) is 2.05. The second kappa shape index (κ2) is 3.86. The summed E-state index contributed by atoms with van der Waals surface area (Å²) in [6.07, 6.45) is 1.78. The minimum Gasteiger partial charge on any atom is -0.476 e. The van der Waals surface area contributed by atoms with Crippen molar-refractivity contribution in [2.75, 3.05) is 6.26 Å². The van der Waals surface area contributed by atoms with Gasteiger partial charge in [0, 0.05) is 0 Å². The SMILES string of the molecule is CSc1nc2ccccc2nc1C(=O)O. The van der Waals surface area contributed by atoms with Crippen LogP contribution in [0.1, 0.15) is 10.5 Å². The fourth-order valence-corrected chi connectivity index (χ4v) is 1.78. The van der Waals surface area contributed by atoms with Crippen LogP contribution in [0.2, 0.25) is 0 Å². The van der Waals surface area contributed by atoms with E-state index >= 15 is 0 Å². The zero-order valence-electron chi connectivity index (χ0n) is 7.97. The fourth-order valence-electron chi connectivity index (χ4n) is 1.27. The van der Waals surface area contributed by atoms with Gasteiger partial charge in [-0.15, -0.1) is 11.8 Å². The van der Waals surface area contributed by atoms with Gasteiger partial charge in [-0.2, -0.15) is 0 Å². The first-order chi connectivity index (χ1) is 7.22. The van der Waals surface area contributed by atoms with Crippen molar-refractivity contribution in [2.45, 2.75) is 5.03 Å². The van der Waals surface area contributed by atoms with Crippen molar-refractivity contribution in [1.82, 2.24) is 9.97 Å². The highest BCUT2D eigenvalue weighted by Gasteiger charge is 2.13. The molecule has 0 aliphatic carbocycles. The van der Waals surface area contributed by atoms with Crippen LogP contribution in [0.25, 0.3) is 11.0 Å². The Balaban J connectivity index is 2.74. The van der Waals surface area contributed by atoms with E-state index in [4.69, 9.17) is 5.11 Å². The van der Waals surface area contributed by atoms with Crippen molar-refractivity contribution < 1.29 is 9.90 Å². The number of carboxylic acid groups (broad SMARTS) is 1.